The minimum atomic E-state index is -0.445. The lowest BCUT2D eigenvalue weighted by atomic mass is 10.1. The second-order valence-electron chi connectivity index (χ2n) is 6.24. The van der Waals surface area contributed by atoms with Crippen LogP contribution < -0.4 is 5.32 Å². The van der Waals surface area contributed by atoms with E-state index in [9.17, 15) is 18.8 Å². The van der Waals surface area contributed by atoms with E-state index in [4.69, 9.17) is 0 Å². The number of fused-ring (bicyclic) bond motifs is 1. The summed E-state index contributed by atoms with van der Waals surface area (Å²) in [6, 6.07) is 11.6. The summed E-state index contributed by atoms with van der Waals surface area (Å²) in [6.45, 7) is 1.91. The van der Waals surface area contributed by atoms with Gasteiger partial charge in [-0.1, -0.05) is 29.8 Å². The predicted octanol–water partition coefficient (Wildman–Crippen LogP) is 2.78. The molecule has 27 heavy (non-hydrogen) atoms. The molecular weight excluding hydrogens is 367 g/mol. The first-order valence-corrected chi connectivity index (χ1v) is 9.67. The van der Waals surface area contributed by atoms with Crippen molar-refractivity contribution in [3.63, 3.8) is 0 Å². The molecule has 3 amide bonds. The van der Waals surface area contributed by atoms with E-state index < -0.39 is 17.7 Å². The number of nitrogens with one attached hydrogen (secondary N) is 1. The number of amides is 3. The molecule has 0 unspecified atom stereocenters. The van der Waals surface area contributed by atoms with Crippen LogP contribution in [0.25, 0.3) is 0 Å². The molecule has 3 rings (SSSR count). The highest BCUT2D eigenvalue weighted by Crippen LogP contribution is 2.23. The predicted molar refractivity (Wildman–Crippen MR) is 102 cm³/mol. The Morgan fingerprint density at radius 1 is 1.11 bits per heavy atom. The van der Waals surface area contributed by atoms with E-state index >= 15 is 0 Å². The third-order valence-electron chi connectivity index (χ3n) is 4.21. The summed E-state index contributed by atoms with van der Waals surface area (Å²) in [4.78, 5) is 37.7. The maximum absolute atomic E-state index is 13.5. The maximum Gasteiger partial charge on any atom is 0.262 e. The second-order valence-corrected chi connectivity index (χ2v) is 7.34. The Kier molecular flexibility index (Phi) is 5.91. The van der Waals surface area contributed by atoms with Crippen LogP contribution in [-0.4, -0.2) is 41.5 Å². The van der Waals surface area contributed by atoms with Gasteiger partial charge in [-0.05, 0) is 30.7 Å². The zero-order chi connectivity index (χ0) is 19.4. The topological polar surface area (TPSA) is 66.5 Å². The van der Waals surface area contributed by atoms with Gasteiger partial charge < -0.3 is 5.32 Å². The first-order valence-electron chi connectivity index (χ1n) is 8.52. The molecule has 1 aliphatic rings. The maximum atomic E-state index is 13.5. The number of benzene rings is 2. The third kappa shape index (κ3) is 4.36. The van der Waals surface area contributed by atoms with Gasteiger partial charge in [0.2, 0.25) is 5.91 Å². The Hall–Kier alpha value is -2.67. The van der Waals surface area contributed by atoms with Crippen LogP contribution in [0.5, 0.6) is 0 Å². The molecule has 0 spiro atoms. The summed E-state index contributed by atoms with van der Waals surface area (Å²) in [5.74, 6) is -0.411. The number of hydrogen-bond donors (Lipinski definition) is 1. The number of nitrogens with zero attached hydrogens (tertiary/aromatic N) is 1. The quantitative estimate of drug-likeness (QED) is 0.587. The van der Waals surface area contributed by atoms with Gasteiger partial charge in [-0.2, -0.15) is 11.8 Å². The zero-order valence-corrected chi connectivity index (χ0v) is 15.6. The van der Waals surface area contributed by atoms with Crippen molar-refractivity contribution in [3.05, 3.63) is 70.5 Å². The van der Waals surface area contributed by atoms with Crippen LogP contribution >= 0.6 is 11.8 Å². The van der Waals surface area contributed by atoms with Gasteiger partial charge in [-0.25, -0.2) is 4.39 Å². The number of thioether (sulfide) groups is 1. The van der Waals surface area contributed by atoms with Crippen molar-refractivity contribution in [3.8, 4) is 0 Å². The highest BCUT2D eigenvalue weighted by atomic mass is 32.2. The number of rotatable bonds is 7. The Morgan fingerprint density at radius 2 is 1.85 bits per heavy atom. The molecular formula is C20H19FN2O3S. The minimum Gasteiger partial charge on any atom is -0.354 e. The van der Waals surface area contributed by atoms with Crippen LogP contribution in [0, 0.1) is 12.7 Å². The smallest absolute Gasteiger partial charge is 0.262 e. The molecule has 1 heterocycles. The van der Waals surface area contributed by atoms with Crippen molar-refractivity contribution < 1.29 is 18.8 Å². The van der Waals surface area contributed by atoms with Crippen molar-refractivity contribution in [1.29, 1.82) is 0 Å². The number of carbonyl (C=O) groups excluding carboxylic acids is 3. The van der Waals surface area contributed by atoms with Crippen LogP contribution in [0.15, 0.2) is 42.5 Å². The number of aryl methyl sites for hydroxylation is 1. The van der Waals surface area contributed by atoms with Crippen LogP contribution in [0.2, 0.25) is 0 Å². The van der Waals surface area contributed by atoms with E-state index in [1.54, 1.807) is 36.4 Å². The van der Waals surface area contributed by atoms with Gasteiger partial charge in [-0.3, -0.25) is 19.3 Å². The standard InChI is InChI=1S/C20H19FN2O3S/c1-13-6-7-15-16(10-13)20(26)23(19(15)25)11-18(24)22-8-9-27-12-14-4-2-3-5-17(14)21/h2-7,10H,8-9,11-12H2,1H3,(H,22,24). The second kappa shape index (κ2) is 8.35. The molecule has 1 N–H and O–H groups in total. The van der Waals surface area contributed by atoms with E-state index in [1.165, 1.54) is 17.8 Å². The first-order chi connectivity index (χ1) is 13.0. The summed E-state index contributed by atoms with van der Waals surface area (Å²) in [7, 11) is 0. The summed E-state index contributed by atoms with van der Waals surface area (Å²) in [5, 5.41) is 2.69. The molecule has 0 fully saturated rings. The van der Waals surface area contributed by atoms with Gasteiger partial charge >= 0.3 is 0 Å². The van der Waals surface area contributed by atoms with Crippen LogP contribution in [0.4, 0.5) is 4.39 Å². The van der Waals surface area contributed by atoms with Crippen LogP contribution in [0.3, 0.4) is 0 Å². The van der Waals surface area contributed by atoms with Gasteiger partial charge in [0, 0.05) is 18.1 Å². The van der Waals surface area contributed by atoms with E-state index in [0.29, 0.717) is 34.7 Å². The Morgan fingerprint density at radius 3 is 2.63 bits per heavy atom. The lowest BCUT2D eigenvalue weighted by molar-refractivity contribution is -0.121. The van der Waals surface area contributed by atoms with Crippen molar-refractivity contribution in [2.75, 3.05) is 18.8 Å². The highest BCUT2D eigenvalue weighted by Gasteiger charge is 2.36. The molecule has 0 aliphatic carbocycles. The molecule has 0 atom stereocenters. The summed E-state index contributed by atoms with van der Waals surface area (Å²) >= 11 is 1.50. The lowest BCUT2D eigenvalue weighted by Crippen LogP contribution is -2.40. The van der Waals surface area contributed by atoms with Crippen molar-refractivity contribution in [2.24, 2.45) is 0 Å². The first kappa shape index (κ1) is 19.1. The number of halogens is 1. The molecule has 0 aromatic heterocycles. The van der Waals surface area contributed by atoms with Crippen LogP contribution in [-0.2, 0) is 10.5 Å². The van der Waals surface area contributed by atoms with Gasteiger partial charge in [-0.15, -0.1) is 0 Å². The van der Waals surface area contributed by atoms with E-state index in [1.807, 2.05) is 6.92 Å². The average molecular weight is 386 g/mol. The monoisotopic (exact) mass is 386 g/mol. The molecule has 140 valence electrons. The fraction of sp³-hybridized carbons (Fsp3) is 0.250. The normalized spacial score (nSPS) is 13.0. The fourth-order valence-corrected chi connectivity index (χ4v) is 3.65. The Bertz CT molecular complexity index is 901. The van der Waals surface area contributed by atoms with Gasteiger partial charge in [0.05, 0.1) is 11.1 Å². The van der Waals surface area contributed by atoms with Crippen molar-refractivity contribution >= 4 is 29.5 Å². The van der Waals surface area contributed by atoms with Gasteiger partial charge in [0.25, 0.3) is 11.8 Å². The van der Waals surface area contributed by atoms with Crippen molar-refractivity contribution in [1.82, 2.24) is 10.2 Å². The summed E-state index contributed by atoms with van der Waals surface area (Å²) < 4.78 is 13.5. The number of imide groups is 1. The van der Waals surface area contributed by atoms with Gasteiger partial charge in [0.15, 0.2) is 0 Å². The highest BCUT2D eigenvalue weighted by molar-refractivity contribution is 7.98. The molecule has 0 saturated heterocycles. The molecule has 2 aromatic rings. The zero-order valence-electron chi connectivity index (χ0n) is 14.8. The molecule has 1 aliphatic heterocycles. The Labute approximate surface area is 160 Å². The molecule has 0 saturated carbocycles. The molecule has 7 heteroatoms. The Balaban J connectivity index is 1.44. The molecule has 0 radical (unpaired) electrons. The third-order valence-corrected chi connectivity index (χ3v) is 5.22. The summed E-state index contributed by atoms with van der Waals surface area (Å²) in [5.41, 5.74) is 2.18. The van der Waals surface area contributed by atoms with Gasteiger partial charge in [0.1, 0.15) is 12.4 Å². The van der Waals surface area contributed by atoms with Crippen LogP contribution in [0.1, 0.15) is 31.8 Å². The fourth-order valence-electron chi connectivity index (χ4n) is 2.81. The molecule has 2 aromatic carbocycles. The minimum absolute atomic E-state index is 0.241. The average Bonchev–Trinajstić information content (AvgIpc) is 2.87. The molecule has 5 nitrogen and oxygen atoms in total. The summed E-state index contributed by atoms with van der Waals surface area (Å²) in [6.07, 6.45) is 0. The van der Waals surface area contributed by atoms with E-state index in [2.05, 4.69) is 5.32 Å². The SMILES string of the molecule is Cc1ccc2c(c1)C(=O)N(CC(=O)NCCSCc1ccccc1F)C2=O. The molecule has 0 bridgehead atoms. The number of carbonyl (C=O) groups is 3. The number of hydrogen-bond acceptors (Lipinski definition) is 4. The van der Waals surface area contributed by atoms with Crippen molar-refractivity contribution in [2.45, 2.75) is 12.7 Å². The largest absolute Gasteiger partial charge is 0.354 e. The lowest BCUT2D eigenvalue weighted by Gasteiger charge is -2.13. The van der Waals surface area contributed by atoms with E-state index in [-0.39, 0.29) is 12.4 Å². The van der Waals surface area contributed by atoms with E-state index in [0.717, 1.165) is 10.5 Å².